The first-order chi connectivity index (χ1) is 16.3. The number of halogens is 5. The second kappa shape index (κ2) is 9.06. The molecule has 0 N–H and O–H groups in total. The SMILES string of the molecule is FC(F)(F)c1ccc(-c2ncc3c(n2)CCN(Cc2ccc(-c4ccc(Cl)cc4Cl)o2)C3)cc1. The van der Waals surface area contributed by atoms with Crippen LogP contribution in [0.2, 0.25) is 10.0 Å². The Morgan fingerprint density at radius 3 is 2.53 bits per heavy atom. The Bertz CT molecular complexity index is 1340. The zero-order valence-electron chi connectivity index (χ0n) is 17.7. The predicted octanol–water partition coefficient (Wildman–Crippen LogP) is 7.29. The highest BCUT2D eigenvalue weighted by Gasteiger charge is 2.30. The van der Waals surface area contributed by atoms with E-state index in [1.807, 2.05) is 18.2 Å². The van der Waals surface area contributed by atoms with Crippen molar-refractivity contribution in [2.75, 3.05) is 6.54 Å². The smallest absolute Gasteiger partial charge is 0.416 e. The normalized spacial score (nSPS) is 14.3. The molecule has 2 aromatic heterocycles. The van der Waals surface area contributed by atoms with Gasteiger partial charge in [-0.3, -0.25) is 4.90 Å². The van der Waals surface area contributed by atoms with E-state index in [0.29, 0.717) is 46.7 Å². The van der Waals surface area contributed by atoms with Crippen molar-refractivity contribution in [3.8, 4) is 22.7 Å². The topological polar surface area (TPSA) is 42.2 Å². The van der Waals surface area contributed by atoms with Crippen LogP contribution in [0.5, 0.6) is 0 Å². The van der Waals surface area contributed by atoms with Crippen LogP contribution in [-0.2, 0) is 25.7 Å². The van der Waals surface area contributed by atoms with E-state index in [9.17, 15) is 13.2 Å². The van der Waals surface area contributed by atoms with Crippen LogP contribution in [0.1, 0.15) is 22.6 Å². The minimum Gasteiger partial charge on any atom is -0.460 e. The number of furan rings is 1. The molecule has 0 saturated carbocycles. The fraction of sp³-hybridized carbons (Fsp3) is 0.200. The van der Waals surface area contributed by atoms with E-state index < -0.39 is 11.7 Å². The maximum atomic E-state index is 12.8. The monoisotopic (exact) mass is 503 g/mol. The summed E-state index contributed by atoms with van der Waals surface area (Å²) in [5, 5.41) is 1.09. The van der Waals surface area contributed by atoms with Crippen LogP contribution in [0.25, 0.3) is 22.7 Å². The van der Waals surface area contributed by atoms with E-state index in [1.165, 1.54) is 12.1 Å². The van der Waals surface area contributed by atoms with E-state index in [4.69, 9.17) is 27.6 Å². The summed E-state index contributed by atoms with van der Waals surface area (Å²) in [5.41, 5.74) is 2.56. The summed E-state index contributed by atoms with van der Waals surface area (Å²) in [4.78, 5) is 11.2. The van der Waals surface area contributed by atoms with Crippen LogP contribution in [0, 0.1) is 0 Å². The molecule has 0 unspecified atom stereocenters. The molecule has 0 fully saturated rings. The number of hydrogen-bond donors (Lipinski definition) is 0. The number of benzene rings is 2. The van der Waals surface area contributed by atoms with Gasteiger partial charge >= 0.3 is 6.18 Å². The minimum absolute atomic E-state index is 0.427. The lowest BCUT2D eigenvalue weighted by Crippen LogP contribution is -2.30. The van der Waals surface area contributed by atoms with Crippen LogP contribution >= 0.6 is 23.2 Å². The van der Waals surface area contributed by atoms with Crippen molar-refractivity contribution in [3.05, 3.63) is 93.4 Å². The quantitative estimate of drug-likeness (QED) is 0.293. The standard InChI is InChI=1S/C25H18Cl2F3N3O/c26-18-5-7-20(21(27)11-18)23-8-6-19(34-23)14-33-10-9-22-16(13-33)12-31-24(32-22)15-1-3-17(4-2-15)25(28,29)30/h1-8,11-12H,9-10,13-14H2. The number of hydrogen-bond acceptors (Lipinski definition) is 4. The van der Waals surface area contributed by atoms with E-state index in [0.717, 1.165) is 41.3 Å². The van der Waals surface area contributed by atoms with Crippen molar-refractivity contribution < 1.29 is 17.6 Å². The Morgan fingerprint density at radius 1 is 1.00 bits per heavy atom. The van der Waals surface area contributed by atoms with E-state index in [-0.39, 0.29) is 0 Å². The van der Waals surface area contributed by atoms with Gasteiger partial charge in [-0.2, -0.15) is 13.2 Å². The molecule has 0 amide bonds. The van der Waals surface area contributed by atoms with Gasteiger partial charge < -0.3 is 4.42 Å². The summed E-state index contributed by atoms with van der Waals surface area (Å²) in [6.07, 6.45) is -1.90. The second-order valence-corrected chi connectivity index (χ2v) is 8.94. The fourth-order valence-electron chi connectivity index (χ4n) is 3.97. The fourth-order valence-corrected chi connectivity index (χ4v) is 4.48. The molecule has 4 aromatic rings. The molecular formula is C25H18Cl2F3N3O. The van der Waals surface area contributed by atoms with Crippen molar-refractivity contribution in [3.63, 3.8) is 0 Å². The zero-order valence-corrected chi connectivity index (χ0v) is 19.3. The van der Waals surface area contributed by atoms with Crippen molar-refractivity contribution in [2.24, 2.45) is 0 Å². The largest absolute Gasteiger partial charge is 0.460 e. The molecule has 1 aliphatic heterocycles. The Kier molecular flexibility index (Phi) is 6.10. The Balaban J connectivity index is 1.27. The maximum absolute atomic E-state index is 12.8. The summed E-state index contributed by atoms with van der Waals surface area (Å²) in [6.45, 7) is 2.04. The molecule has 5 rings (SSSR count). The Labute approximate surface area is 204 Å². The second-order valence-electron chi connectivity index (χ2n) is 8.09. The van der Waals surface area contributed by atoms with Gasteiger partial charge in [0.2, 0.25) is 0 Å². The van der Waals surface area contributed by atoms with Gasteiger partial charge in [0.25, 0.3) is 0 Å². The Morgan fingerprint density at radius 2 is 1.79 bits per heavy atom. The highest BCUT2D eigenvalue weighted by atomic mass is 35.5. The van der Waals surface area contributed by atoms with Gasteiger partial charge in [0.1, 0.15) is 11.5 Å². The molecular weight excluding hydrogens is 486 g/mol. The summed E-state index contributed by atoms with van der Waals surface area (Å²) < 4.78 is 44.4. The average molecular weight is 504 g/mol. The maximum Gasteiger partial charge on any atom is 0.416 e. The van der Waals surface area contributed by atoms with E-state index >= 15 is 0 Å². The number of alkyl halides is 3. The number of rotatable bonds is 4. The van der Waals surface area contributed by atoms with E-state index in [2.05, 4.69) is 14.9 Å². The molecule has 3 heterocycles. The summed E-state index contributed by atoms with van der Waals surface area (Å²) >= 11 is 12.3. The van der Waals surface area contributed by atoms with Gasteiger partial charge in [0.15, 0.2) is 5.82 Å². The summed E-state index contributed by atoms with van der Waals surface area (Å²) in [7, 11) is 0. The molecule has 174 valence electrons. The lowest BCUT2D eigenvalue weighted by Gasteiger charge is -2.27. The van der Waals surface area contributed by atoms with Crippen molar-refractivity contribution in [1.82, 2.24) is 14.9 Å². The molecule has 4 nitrogen and oxygen atoms in total. The van der Waals surface area contributed by atoms with Gasteiger partial charge in [-0.15, -0.1) is 0 Å². The van der Waals surface area contributed by atoms with Crippen molar-refractivity contribution >= 4 is 23.2 Å². The molecule has 0 radical (unpaired) electrons. The van der Waals surface area contributed by atoms with Crippen molar-refractivity contribution in [1.29, 1.82) is 0 Å². The summed E-state index contributed by atoms with van der Waals surface area (Å²) in [6, 6.07) is 14.0. The molecule has 1 aliphatic rings. The average Bonchev–Trinajstić information content (AvgIpc) is 3.26. The lowest BCUT2D eigenvalue weighted by molar-refractivity contribution is -0.137. The van der Waals surface area contributed by atoms with Crippen LogP contribution < -0.4 is 0 Å². The van der Waals surface area contributed by atoms with Gasteiger partial charge in [0, 0.05) is 47.4 Å². The predicted molar refractivity (Wildman–Crippen MR) is 124 cm³/mol. The van der Waals surface area contributed by atoms with Gasteiger partial charge in [0.05, 0.1) is 22.8 Å². The minimum atomic E-state index is -4.37. The van der Waals surface area contributed by atoms with Crippen LogP contribution in [0.15, 0.2) is 65.2 Å². The molecule has 0 atom stereocenters. The zero-order chi connectivity index (χ0) is 23.9. The summed E-state index contributed by atoms with van der Waals surface area (Å²) in [5.74, 6) is 1.92. The highest BCUT2D eigenvalue weighted by molar-refractivity contribution is 6.36. The molecule has 0 spiro atoms. The van der Waals surface area contributed by atoms with Gasteiger partial charge in [-0.1, -0.05) is 35.3 Å². The Hall–Kier alpha value is -2.87. The third-order valence-corrected chi connectivity index (χ3v) is 6.27. The molecule has 0 bridgehead atoms. The molecule has 0 saturated heterocycles. The van der Waals surface area contributed by atoms with Gasteiger partial charge in [-0.25, -0.2) is 9.97 Å². The molecule has 9 heteroatoms. The highest BCUT2D eigenvalue weighted by Crippen LogP contribution is 2.33. The third-order valence-electron chi connectivity index (χ3n) is 5.72. The lowest BCUT2D eigenvalue weighted by atomic mass is 10.1. The number of aromatic nitrogens is 2. The molecule has 2 aromatic carbocycles. The first kappa shape index (κ1) is 22.9. The number of nitrogens with zero attached hydrogens (tertiary/aromatic N) is 3. The van der Waals surface area contributed by atoms with Crippen LogP contribution in [-0.4, -0.2) is 21.4 Å². The van der Waals surface area contributed by atoms with Gasteiger partial charge in [-0.05, 0) is 42.5 Å². The first-order valence-electron chi connectivity index (χ1n) is 10.6. The molecule has 0 aliphatic carbocycles. The van der Waals surface area contributed by atoms with Crippen LogP contribution in [0.4, 0.5) is 13.2 Å². The number of fused-ring (bicyclic) bond motifs is 1. The van der Waals surface area contributed by atoms with E-state index in [1.54, 1.807) is 18.3 Å². The molecule has 34 heavy (non-hydrogen) atoms. The first-order valence-corrected chi connectivity index (χ1v) is 11.3. The van der Waals surface area contributed by atoms with Crippen molar-refractivity contribution in [2.45, 2.75) is 25.7 Å². The third kappa shape index (κ3) is 4.82. The van der Waals surface area contributed by atoms with Crippen LogP contribution in [0.3, 0.4) is 0 Å².